The highest BCUT2D eigenvalue weighted by atomic mass is 16.5. The van der Waals surface area contributed by atoms with Crippen LogP contribution in [-0.2, 0) is 0 Å². The number of hydrogen-bond acceptors (Lipinski definition) is 3. The lowest BCUT2D eigenvalue weighted by Crippen LogP contribution is -2.31. The average molecular weight is 214 g/mol. The fraction of sp³-hybridized carbons (Fsp3) is 0.308. The number of nitrogens with one attached hydrogen (secondary N) is 1. The highest BCUT2D eigenvalue weighted by molar-refractivity contribution is 5.73. The normalized spacial score (nSPS) is 16.5. The zero-order valence-corrected chi connectivity index (χ0v) is 9.66. The molecule has 1 heterocycles. The SMILES string of the molecule is CNC1=CC(C)(C)Oc2ccc(C#N)cc21. The van der Waals surface area contributed by atoms with Gasteiger partial charge in [-0.1, -0.05) is 0 Å². The maximum Gasteiger partial charge on any atom is 0.129 e. The molecule has 0 spiro atoms. The van der Waals surface area contributed by atoms with Crippen molar-refractivity contribution in [1.82, 2.24) is 5.32 Å². The number of ether oxygens (including phenoxy) is 1. The van der Waals surface area contributed by atoms with Gasteiger partial charge >= 0.3 is 0 Å². The highest BCUT2D eigenvalue weighted by Crippen LogP contribution is 2.34. The Labute approximate surface area is 95.3 Å². The van der Waals surface area contributed by atoms with Crippen LogP contribution < -0.4 is 10.1 Å². The van der Waals surface area contributed by atoms with Gasteiger partial charge in [0, 0.05) is 18.3 Å². The Morgan fingerprint density at radius 2 is 2.12 bits per heavy atom. The van der Waals surface area contributed by atoms with Crippen LogP contribution in [0.5, 0.6) is 5.75 Å². The van der Waals surface area contributed by atoms with Gasteiger partial charge in [0.15, 0.2) is 0 Å². The Balaban J connectivity index is 2.57. The van der Waals surface area contributed by atoms with E-state index in [0.29, 0.717) is 5.56 Å². The van der Waals surface area contributed by atoms with Crippen LogP contribution in [0.3, 0.4) is 0 Å². The highest BCUT2D eigenvalue weighted by Gasteiger charge is 2.26. The van der Waals surface area contributed by atoms with E-state index in [2.05, 4.69) is 11.4 Å². The number of hydrogen-bond donors (Lipinski definition) is 1. The molecular weight excluding hydrogens is 200 g/mol. The van der Waals surface area contributed by atoms with Crippen LogP contribution in [0.4, 0.5) is 0 Å². The molecule has 0 aromatic heterocycles. The van der Waals surface area contributed by atoms with Crippen molar-refractivity contribution >= 4 is 5.70 Å². The van der Waals surface area contributed by atoms with Crippen molar-refractivity contribution in [3.8, 4) is 11.8 Å². The third-order valence-electron chi connectivity index (χ3n) is 2.53. The van der Waals surface area contributed by atoms with Crippen molar-refractivity contribution in [3.63, 3.8) is 0 Å². The predicted octanol–water partition coefficient (Wildman–Crippen LogP) is 2.29. The van der Waals surface area contributed by atoms with Crippen LogP contribution in [0.1, 0.15) is 25.0 Å². The van der Waals surface area contributed by atoms with E-state index >= 15 is 0 Å². The number of benzene rings is 1. The monoisotopic (exact) mass is 214 g/mol. The Morgan fingerprint density at radius 1 is 1.38 bits per heavy atom. The molecular formula is C13H14N2O. The first-order chi connectivity index (χ1) is 7.55. The van der Waals surface area contributed by atoms with Crippen LogP contribution in [0.25, 0.3) is 5.70 Å². The summed E-state index contributed by atoms with van der Waals surface area (Å²) >= 11 is 0. The first kappa shape index (κ1) is 10.6. The largest absolute Gasteiger partial charge is 0.483 e. The molecule has 2 rings (SSSR count). The fourth-order valence-corrected chi connectivity index (χ4v) is 1.84. The molecule has 0 radical (unpaired) electrons. The minimum absolute atomic E-state index is 0.320. The van der Waals surface area contributed by atoms with Gasteiger partial charge in [0.1, 0.15) is 11.4 Å². The maximum atomic E-state index is 8.87. The second kappa shape index (κ2) is 3.57. The summed E-state index contributed by atoms with van der Waals surface area (Å²) in [6.45, 7) is 4.01. The summed E-state index contributed by atoms with van der Waals surface area (Å²) in [7, 11) is 1.87. The molecule has 16 heavy (non-hydrogen) atoms. The number of nitriles is 1. The number of fused-ring (bicyclic) bond motifs is 1. The Bertz CT molecular complexity index is 495. The molecule has 0 amide bonds. The van der Waals surface area contributed by atoms with Crippen molar-refractivity contribution in [2.75, 3.05) is 7.05 Å². The van der Waals surface area contributed by atoms with Crippen LogP contribution in [0.15, 0.2) is 24.3 Å². The first-order valence-corrected chi connectivity index (χ1v) is 5.20. The lowest BCUT2D eigenvalue weighted by Gasteiger charge is -2.31. The van der Waals surface area contributed by atoms with E-state index in [1.165, 1.54) is 0 Å². The minimum atomic E-state index is -0.320. The molecule has 0 atom stereocenters. The van der Waals surface area contributed by atoms with Crippen LogP contribution in [-0.4, -0.2) is 12.6 Å². The molecule has 82 valence electrons. The molecule has 0 fully saturated rings. The third kappa shape index (κ3) is 1.74. The van der Waals surface area contributed by atoms with Crippen LogP contribution >= 0.6 is 0 Å². The van der Waals surface area contributed by atoms with E-state index in [4.69, 9.17) is 10.00 Å². The van der Waals surface area contributed by atoms with E-state index in [9.17, 15) is 0 Å². The van der Waals surface area contributed by atoms with Gasteiger partial charge < -0.3 is 10.1 Å². The third-order valence-corrected chi connectivity index (χ3v) is 2.53. The first-order valence-electron chi connectivity index (χ1n) is 5.20. The lowest BCUT2D eigenvalue weighted by atomic mass is 9.98. The summed E-state index contributed by atoms with van der Waals surface area (Å²) in [5.41, 5.74) is 2.27. The fourth-order valence-electron chi connectivity index (χ4n) is 1.84. The second-order valence-corrected chi connectivity index (χ2v) is 4.34. The summed E-state index contributed by atoms with van der Waals surface area (Å²) < 4.78 is 5.83. The number of nitrogens with zero attached hydrogens (tertiary/aromatic N) is 1. The minimum Gasteiger partial charge on any atom is -0.483 e. The molecule has 0 unspecified atom stereocenters. The molecule has 1 aliphatic rings. The van der Waals surface area contributed by atoms with Crippen molar-refractivity contribution < 1.29 is 4.74 Å². The van der Waals surface area contributed by atoms with Crippen LogP contribution in [0, 0.1) is 11.3 Å². The average Bonchev–Trinajstić information content (AvgIpc) is 2.26. The molecule has 3 heteroatoms. The lowest BCUT2D eigenvalue weighted by molar-refractivity contribution is 0.157. The Kier molecular flexibility index (Phi) is 2.35. The molecule has 0 bridgehead atoms. The summed E-state index contributed by atoms with van der Waals surface area (Å²) in [5.74, 6) is 0.816. The molecule has 1 aliphatic heterocycles. The molecule has 1 N–H and O–H groups in total. The number of rotatable bonds is 1. The molecule has 1 aromatic carbocycles. The smallest absolute Gasteiger partial charge is 0.129 e. The van der Waals surface area contributed by atoms with Crippen molar-refractivity contribution in [3.05, 3.63) is 35.4 Å². The van der Waals surface area contributed by atoms with E-state index < -0.39 is 0 Å². The van der Waals surface area contributed by atoms with Gasteiger partial charge in [0.05, 0.1) is 11.6 Å². The molecule has 0 saturated carbocycles. The van der Waals surface area contributed by atoms with Gasteiger partial charge in [-0.15, -0.1) is 0 Å². The van der Waals surface area contributed by atoms with Crippen molar-refractivity contribution in [2.45, 2.75) is 19.4 Å². The molecule has 0 aliphatic carbocycles. The Morgan fingerprint density at radius 3 is 2.75 bits per heavy atom. The van der Waals surface area contributed by atoms with Crippen molar-refractivity contribution in [2.24, 2.45) is 0 Å². The van der Waals surface area contributed by atoms with Crippen LogP contribution in [0.2, 0.25) is 0 Å². The second-order valence-electron chi connectivity index (χ2n) is 4.34. The summed E-state index contributed by atoms with van der Waals surface area (Å²) in [6.07, 6.45) is 2.02. The maximum absolute atomic E-state index is 8.87. The summed E-state index contributed by atoms with van der Waals surface area (Å²) in [4.78, 5) is 0. The quantitative estimate of drug-likeness (QED) is 0.780. The van der Waals surface area contributed by atoms with E-state index in [1.54, 1.807) is 6.07 Å². The standard InChI is InChI=1S/C13H14N2O/c1-13(2)7-11(15-3)10-6-9(8-14)4-5-12(10)16-13/h4-7,15H,1-3H3. The zero-order chi connectivity index (χ0) is 11.8. The molecule has 1 aromatic rings. The van der Waals surface area contributed by atoms with E-state index in [0.717, 1.165) is 17.0 Å². The summed E-state index contributed by atoms with van der Waals surface area (Å²) in [6, 6.07) is 7.59. The van der Waals surface area contributed by atoms with Gasteiger partial charge in [0.2, 0.25) is 0 Å². The zero-order valence-electron chi connectivity index (χ0n) is 9.66. The van der Waals surface area contributed by atoms with E-state index in [1.807, 2.05) is 39.1 Å². The van der Waals surface area contributed by atoms with Gasteiger partial charge in [-0.05, 0) is 38.1 Å². The summed E-state index contributed by atoms with van der Waals surface area (Å²) in [5, 5.41) is 12.0. The van der Waals surface area contributed by atoms with Gasteiger partial charge in [0.25, 0.3) is 0 Å². The van der Waals surface area contributed by atoms with E-state index in [-0.39, 0.29) is 5.60 Å². The molecule has 0 saturated heterocycles. The van der Waals surface area contributed by atoms with Gasteiger partial charge in [-0.2, -0.15) is 5.26 Å². The van der Waals surface area contributed by atoms with Gasteiger partial charge in [-0.25, -0.2) is 0 Å². The van der Waals surface area contributed by atoms with Crippen molar-refractivity contribution in [1.29, 1.82) is 5.26 Å². The Hall–Kier alpha value is -1.95. The predicted molar refractivity (Wildman–Crippen MR) is 62.9 cm³/mol. The topological polar surface area (TPSA) is 45.0 Å². The van der Waals surface area contributed by atoms with Gasteiger partial charge in [-0.3, -0.25) is 0 Å². The molecule has 3 nitrogen and oxygen atoms in total.